The molecule has 16 heavy (non-hydrogen) atoms. The van der Waals surface area contributed by atoms with E-state index in [1.807, 2.05) is 6.92 Å². The Morgan fingerprint density at radius 2 is 2.44 bits per heavy atom. The molecule has 0 fully saturated rings. The minimum absolute atomic E-state index is 0.118. The summed E-state index contributed by atoms with van der Waals surface area (Å²) in [5, 5.41) is 2.44. The maximum Gasteiger partial charge on any atom is 0.241 e. The van der Waals surface area contributed by atoms with Crippen LogP contribution in [-0.4, -0.2) is 16.9 Å². The van der Waals surface area contributed by atoms with Gasteiger partial charge in [0.05, 0.1) is 17.9 Å². The standard InChI is InChI=1S/C11H16FN3O/c1-2-3-4-9(13)11(16)15-10-5-6-14-7-8(10)12/h5-7,9H,2-4,13H2,1H3,(H,14,15,16)/t9-/m0/s1. The number of hydrogen-bond acceptors (Lipinski definition) is 3. The van der Waals surface area contributed by atoms with Gasteiger partial charge in [-0.2, -0.15) is 0 Å². The molecule has 0 radical (unpaired) electrons. The SMILES string of the molecule is CCCC[C@H](N)C(=O)Nc1ccncc1F. The van der Waals surface area contributed by atoms with E-state index in [1.54, 1.807) is 0 Å². The fraction of sp³-hybridized carbons (Fsp3) is 0.455. The van der Waals surface area contributed by atoms with Gasteiger partial charge >= 0.3 is 0 Å². The molecule has 0 aliphatic carbocycles. The summed E-state index contributed by atoms with van der Waals surface area (Å²) in [6.45, 7) is 2.02. The minimum atomic E-state index is -0.590. The number of nitrogens with two attached hydrogens (primary N) is 1. The van der Waals surface area contributed by atoms with Crippen LogP contribution in [0.2, 0.25) is 0 Å². The van der Waals surface area contributed by atoms with E-state index in [2.05, 4.69) is 10.3 Å². The number of hydrogen-bond donors (Lipinski definition) is 2. The van der Waals surface area contributed by atoms with Gasteiger partial charge in [0.2, 0.25) is 5.91 Å². The molecule has 1 amide bonds. The molecule has 0 bridgehead atoms. The Balaban J connectivity index is 2.54. The zero-order valence-corrected chi connectivity index (χ0v) is 9.24. The first kappa shape index (κ1) is 12.6. The molecule has 1 atom stereocenters. The van der Waals surface area contributed by atoms with Crippen LogP contribution in [0.5, 0.6) is 0 Å². The second-order valence-corrected chi connectivity index (χ2v) is 3.59. The first-order valence-corrected chi connectivity index (χ1v) is 5.31. The fourth-order valence-corrected chi connectivity index (χ4v) is 1.26. The highest BCUT2D eigenvalue weighted by atomic mass is 19.1. The minimum Gasteiger partial charge on any atom is -0.322 e. The lowest BCUT2D eigenvalue weighted by Crippen LogP contribution is -2.35. The number of amides is 1. The van der Waals surface area contributed by atoms with Crippen LogP contribution in [0, 0.1) is 5.82 Å². The summed E-state index contributed by atoms with van der Waals surface area (Å²) in [5.41, 5.74) is 5.77. The third kappa shape index (κ3) is 3.58. The van der Waals surface area contributed by atoms with Gasteiger partial charge in [-0.05, 0) is 12.5 Å². The number of halogens is 1. The third-order valence-electron chi connectivity index (χ3n) is 2.24. The predicted molar refractivity (Wildman–Crippen MR) is 60.3 cm³/mol. The van der Waals surface area contributed by atoms with Crippen LogP contribution in [0.3, 0.4) is 0 Å². The van der Waals surface area contributed by atoms with Crippen molar-refractivity contribution in [2.45, 2.75) is 32.2 Å². The second kappa shape index (κ2) is 6.17. The molecule has 1 aromatic rings. The smallest absolute Gasteiger partial charge is 0.241 e. The van der Waals surface area contributed by atoms with E-state index in [0.29, 0.717) is 6.42 Å². The van der Waals surface area contributed by atoms with Gasteiger partial charge in [0.1, 0.15) is 0 Å². The molecule has 1 heterocycles. The van der Waals surface area contributed by atoms with E-state index < -0.39 is 11.9 Å². The highest BCUT2D eigenvalue weighted by Gasteiger charge is 2.14. The Morgan fingerprint density at radius 3 is 3.06 bits per heavy atom. The van der Waals surface area contributed by atoms with Crippen molar-refractivity contribution in [2.75, 3.05) is 5.32 Å². The van der Waals surface area contributed by atoms with Gasteiger partial charge in [-0.25, -0.2) is 4.39 Å². The zero-order chi connectivity index (χ0) is 12.0. The molecule has 0 aromatic carbocycles. The zero-order valence-electron chi connectivity index (χ0n) is 9.24. The maximum atomic E-state index is 13.1. The largest absolute Gasteiger partial charge is 0.322 e. The lowest BCUT2D eigenvalue weighted by Gasteiger charge is -2.11. The topological polar surface area (TPSA) is 68.0 Å². The van der Waals surface area contributed by atoms with Crippen LogP contribution in [0.15, 0.2) is 18.5 Å². The van der Waals surface area contributed by atoms with E-state index in [1.165, 1.54) is 12.3 Å². The monoisotopic (exact) mass is 225 g/mol. The molecule has 0 spiro atoms. The molecule has 5 heteroatoms. The number of unbranched alkanes of at least 4 members (excludes halogenated alkanes) is 1. The predicted octanol–water partition coefficient (Wildman–Crippen LogP) is 1.68. The van der Waals surface area contributed by atoms with Gasteiger partial charge in [-0.15, -0.1) is 0 Å². The molecule has 88 valence electrons. The average molecular weight is 225 g/mol. The highest BCUT2D eigenvalue weighted by Crippen LogP contribution is 2.11. The number of pyridine rings is 1. The summed E-state index contributed by atoms with van der Waals surface area (Å²) in [4.78, 5) is 15.1. The molecule has 0 saturated carbocycles. The Kier molecular flexibility index (Phi) is 4.85. The molecular weight excluding hydrogens is 209 g/mol. The lowest BCUT2D eigenvalue weighted by atomic mass is 10.1. The van der Waals surface area contributed by atoms with Crippen molar-refractivity contribution in [1.29, 1.82) is 0 Å². The molecule has 0 saturated heterocycles. The van der Waals surface area contributed by atoms with Crippen LogP contribution in [-0.2, 0) is 4.79 Å². The summed E-state index contributed by atoms with van der Waals surface area (Å²) >= 11 is 0. The number of anilines is 1. The van der Waals surface area contributed by atoms with Crippen LogP contribution < -0.4 is 11.1 Å². The Labute approximate surface area is 94.1 Å². The normalized spacial score (nSPS) is 12.2. The van der Waals surface area contributed by atoms with E-state index in [4.69, 9.17) is 5.73 Å². The van der Waals surface area contributed by atoms with Gasteiger partial charge in [-0.3, -0.25) is 9.78 Å². The van der Waals surface area contributed by atoms with Crippen LogP contribution in [0.1, 0.15) is 26.2 Å². The number of carbonyl (C=O) groups is 1. The first-order chi connectivity index (χ1) is 7.65. The van der Waals surface area contributed by atoms with E-state index >= 15 is 0 Å². The summed E-state index contributed by atoms with van der Waals surface area (Å²) in [5.74, 6) is -0.919. The molecule has 0 aliphatic rings. The van der Waals surface area contributed by atoms with Crippen molar-refractivity contribution in [3.05, 3.63) is 24.3 Å². The number of nitrogens with zero attached hydrogens (tertiary/aromatic N) is 1. The van der Waals surface area contributed by atoms with E-state index in [-0.39, 0.29) is 11.6 Å². The molecule has 4 nitrogen and oxygen atoms in total. The quantitative estimate of drug-likeness (QED) is 0.801. The number of aromatic nitrogens is 1. The second-order valence-electron chi connectivity index (χ2n) is 3.59. The van der Waals surface area contributed by atoms with Crippen molar-refractivity contribution >= 4 is 11.6 Å². The van der Waals surface area contributed by atoms with Crippen LogP contribution >= 0.6 is 0 Å². The van der Waals surface area contributed by atoms with Gasteiger partial charge in [0, 0.05) is 6.20 Å². The lowest BCUT2D eigenvalue weighted by molar-refractivity contribution is -0.117. The van der Waals surface area contributed by atoms with Gasteiger partial charge < -0.3 is 11.1 Å². The Hall–Kier alpha value is -1.49. The van der Waals surface area contributed by atoms with Crippen LogP contribution in [0.25, 0.3) is 0 Å². The molecule has 1 aromatic heterocycles. The van der Waals surface area contributed by atoms with Gasteiger partial charge in [-0.1, -0.05) is 19.8 Å². The van der Waals surface area contributed by atoms with Crippen molar-refractivity contribution < 1.29 is 9.18 Å². The molecule has 0 aliphatic heterocycles. The van der Waals surface area contributed by atoms with Crippen molar-refractivity contribution in [2.24, 2.45) is 5.73 Å². The molecule has 0 unspecified atom stereocenters. The maximum absolute atomic E-state index is 13.1. The highest BCUT2D eigenvalue weighted by molar-refractivity contribution is 5.94. The van der Waals surface area contributed by atoms with Crippen molar-refractivity contribution in [3.8, 4) is 0 Å². The summed E-state index contributed by atoms with van der Waals surface area (Å²) in [7, 11) is 0. The molecule has 3 N–H and O–H groups in total. The number of carbonyl (C=O) groups excluding carboxylic acids is 1. The Morgan fingerprint density at radius 1 is 1.69 bits per heavy atom. The van der Waals surface area contributed by atoms with Gasteiger partial charge in [0.25, 0.3) is 0 Å². The average Bonchev–Trinajstić information content (AvgIpc) is 2.28. The number of rotatable bonds is 5. The summed E-state index contributed by atoms with van der Waals surface area (Å²) in [6, 6.07) is 0.812. The van der Waals surface area contributed by atoms with Crippen molar-refractivity contribution in [1.82, 2.24) is 4.98 Å². The summed E-state index contributed by atoms with van der Waals surface area (Å²) in [6.07, 6.45) is 4.93. The molecule has 1 rings (SSSR count). The first-order valence-electron chi connectivity index (χ1n) is 5.31. The van der Waals surface area contributed by atoms with Crippen molar-refractivity contribution in [3.63, 3.8) is 0 Å². The fourth-order valence-electron chi connectivity index (χ4n) is 1.26. The third-order valence-corrected chi connectivity index (χ3v) is 2.24. The van der Waals surface area contributed by atoms with Gasteiger partial charge in [0.15, 0.2) is 5.82 Å². The summed E-state index contributed by atoms with van der Waals surface area (Å²) < 4.78 is 13.1. The van der Waals surface area contributed by atoms with E-state index in [0.717, 1.165) is 19.0 Å². The van der Waals surface area contributed by atoms with E-state index in [9.17, 15) is 9.18 Å². The molecular formula is C11H16FN3O. The Bertz CT molecular complexity index is 357. The van der Waals surface area contributed by atoms with Crippen LogP contribution in [0.4, 0.5) is 10.1 Å². The number of nitrogens with one attached hydrogen (secondary N) is 1.